The molecule has 0 aliphatic heterocycles. The van der Waals surface area contributed by atoms with E-state index in [1.807, 2.05) is 40.7 Å². The van der Waals surface area contributed by atoms with Crippen molar-refractivity contribution in [1.82, 2.24) is 0 Å². The first kappa shape index (κ1) is 17.1. The number of carbonyl (C=O) groups is 2. The van der Waals surface area contributed by atoms with Gasteiger partial charge in [0.15, 0.2) is 0 Å². The van der Waals surface area contributed by atoms with Crippen molar-refractivity contribution >= 4 is 11.9 Å². The van der Waals surface area contributed by atoms with Crippen LogP contribution >= 0.6 is 0 Å². The number of aliphatic carboxylic acids is 1. The highest BCUT2D eigenvalue weighted by Gasteiger charge is 2.80. The van der Waals surface area contributed by atoms with Crippen LogP contribution in [0.25, 0.3) is 0 Å². The fraction of sp³-hybridized carbons (Fsp3) is 0.474. The Morgan fingerprint density at radius 3 is 2.17 bits per heavy atom. The number of benzene rings is 1. The van der Waals surface area contributed by atoms with Crippen LogP contribution in [0.3, 0.4) is 0 Å². The number of rotatable bonds is 2. The Labute approximate surface area is 136 Å². The van der Waals surface area contributed by atoms with E-state index in [0.29, 0.717) is 5.75 Å². The highest BCUT2D eigenvalue weighted by Crippen LogP contribution is 2.75. The summed E-state index contributed by atoms with van der Waals surface area (Å²) in [7, 11) is 0. The van der Waals surface area contributed by atoms with Crippen LogP contribution in [-0.2, 0) is 9.59 Å². The average molecular weight is 314 g/mol. The zero-order valence-electron chi connectivity index (χ0n) is 14.1. The number of hydrogen-bond acceptors (Lipinski definition) is 3. The first-order valence-electron chi connectivity index (χ1n) is 7.57. The molecule has 1 aliphatic rings. The summed E-state index contributed by atoms with van der Waals surface area (Å²) >= 11 is 0. The van der Waals surface area contributed by atoms with Gasteiger partial charge < -0.3 is 9.84 Å². The van der Waals surface area contributed by atoms with Gasteiger partial charge in [-0.1, -0.05) is 58.7 Å². The molecular weight excluding hydrogens is 292 g/mol. The first-order chi connectivity index (χ1) is 10.5. The molecular formula is C19H22O4. The molecule has 1 aromatic rings. The van der Waals surface area contributed by atoms with E-state index >= 15 is 0 Å². The number of esters is 1. The van der Waals surface area contributed by atoms with E-state index in [1.165, 1.54) is 0 Å². The molecule has 1 saturated carbocycles. The summed E-state index contributed by atoms with van der Waals surface area (Å²) in [5, 5.41) is 9.76. The molecule has 0 spiro atoms. The van der Waals surface area contributed by atoms with Crippen LogP contribution in [0.1, 0.15) is 34.6 Å². The van der Waals surface area contributed by atoms with Crippen molar-refractivity contribution in [2.45, 2.75) is 34.6 Å². The molecule has 4 heteroatoms. The molecule has 1 fully saturated rings. The Morgan fingerprint density at radius 1 is 1.17 bits per heavy atom. The smallest absolute Gasteiger partial charge is 0.389 e. The summed E-state index contributed by atoms with van der Waals surface area (Å²) in [6.45, 7) is 9.45. The van der Waals surface area contributed by atoms with Gasteiger partial charge in [0.25, 0.3) is 0 Å². The third kappa shape index (κ3) is 2.61. The molecule has 0 bridgehead atoms. The minimum absolute atomic E-state index is 0.393. The SMILES string of the molecule is CC(C)(C)[C@]1(C(=O)O)[C@@H](C#CC(=O)Oc2ccccc2)C1(C)C. The van der Waals surface area contributed by atoms with Gasteiger partial charge in [-0.05, 0) is 23.0 Å². The maximum atomic E-state index is 11.9. The Kier molecular flexibility index (Phi) is 4.02. The molecule has 0 radical (unpaired) electrons. The van der Waals surface area contributed by atoms with Crippen LogP contribution < -0.4 is 4.74 Å². The van der Waals surface area contributed by atoms with E-state index in [-0.39, 0.29) is 0 Å². The van der Waals surface area contributed by atoms with Crippen LogP contribution in [-0.4, -0.2) is 17.0 Å². The molecule has 0 amide bonds. The Balaban J connectivity index is 2.21. The quantitative estimate of drug-likeness (QED) is 0.393. The molecule has 0 unspecified atom stereocenters. The molecule has 2 atom stereocenters. The van der Waals surface area contributed by atoms with Crippen molar-refractivity contribution in [2.75, 3.05) is 0 Å². The number of ether oxygens (including phenoxy) is 1. The van der Waals surface area contributed by atoms with Crippen LogP contribution in [0.5, 0.6) is 5.75 Å². The largest absolute Gasteiger partial charge is 0.481 e. The van der Waals surface area contributed by atoms with E-state index < -0.39 is 34.1 Å². The third-order valence-corrected chi connectivity index (χ3v) is 4.88. The van der Waals surface area contributed by atoms with Crippen molar-refractivity contribution in [3.63, 3.8) is 0 Å². The van der Waals surface area contributed by atoms with E-state index in [4.69, 9.17) is 4.74 Å². The van der Waals surface area contributed by atoms with Gasteiger partial charge in [-0.2, -0.15) is 0 Å². The van der Waals surface area contributed by atoms with Gasteiger partial charge in [0.05, 0.1) is 5.41 Å². The molecule has 0 aromatic heterocycles. The molecule has 23 heavy (non-hydrogen) atoms. The minimum atomic E-state index is -0.972. The lowest BCUT2D eigenvalue weighted by Gasteiger charge is -2.30. The second-order valence-corrected chi connectivity index (χ2v) is 7.49. The fourth-order valence-corrected chi connectivity index (χ4v) is 3.92. The summed E-state index contributed by atoms with van der Waals surface area (Å²) in [4.78, 5) is 23.8. The monoisotopic (exact) mass is 314 g/mol. The normalized spacial score (nSPS) is 25.0. The lowest BCUT2D eigenvalue weighted by Crippen LogP contribution is -2.35. The summed E-state index contributed by atoms with van der Waals surface area (Å²) in [5.74, 6) is 3.78. The third-order valence-electron chi connectivity index (χ3n) is 4.88. The Morgan fingerprint density at radius 2 is 1.74 bits per heavy atom. The van der Waals surface area contributed by atoms with E-state index in [9.17, 15) is 14.7 Å². The van der Waals surface area contributed by atoms with Crippen LogP contribution in [0, 0.1) is 34.0 Å². The standard InChI is InChI=1S/C19H22O4/c1-17(2,3)19(16(21)22)14(18(19,4)5)11-12-15(20)23-13-9-7-6-8-10-13/h6-10,14H,1-5H3,(H,21,22)/t14-,19+/m0/s1. The molecule has 122 valence electrons. The van der Waals surface area contributed by atoms with Gasteiger partial charge in [0.2, 0.25) is 0 Å². The lowest BCUT2D eigenvalue weighted by atomic mass is 9.72. The number of carbonyl (C=O) groups excluding carboxylic acids is 1. The second-order valence-electron chi connectivity index (χ2n) is 7.49. The number of para-hydroxylation sites is 1. The molecule has 1 aliphatic carbocycles. The molecule has 1 aromatic carbocycles. The second kappa shape index (κ2) is 5.42. The van der Waals surface area contributed by atoms with Gasteiger partial charge >= 0.3 is 11.9 Å². The molecule has 2 rings (SSSR count). The van der Waals surface area contributed by atoms with Crippen LogP contribution in [0.4, 0.5) is 0 Å². The maximum absolute atomic E-state index is 11.9. The van der Waals surface area contributed by atoms with Crippen molar-refractivity contribution in [1.29, 1.82) is 0 Å². The highest BCUT2D eigenvalue weighted by atomic mass is 16.5. The van der Waals surface area contributed by atoms with E-state index in [2.05, 4.69) is 11.8 Å². The molecule has 1 N–H and O–H groups in total. The molecule has 0 heterocycles. The van der Waals surface area contributed by atoms with Crippen molar-refractivity contribution in [2.24, 2.45) is 22.2 Å². The molecule has 0 saturated heterocycles. The predicted octanol–water partition coefficient (Wildman–Crippen LogP) is 3.37. The minimum Gasteiger partial charge on any atom is -0.481 e. The van der Waals surface area contributed by atoms with Gasteiger partial charge in [-0.25, -0.2) is 4.79 Å². The van der Waals surface area contributed by atoms with Crippen molar-refractivity contribution in [3.05, 3.63) is 30.3 Å². The van der Waals surface area contributed by atoms with Gasteiger partial charge in [0, 0.05) is 11.8 Å². The predicted molar refractivity (Wildman–Crippen MR) is 86.6 cm³/mol. The van der Waals surface area contributed by atoms with Gasteiger partial charge in [-0.3, -0.25) is 4.79 Å². The summed E-state index contributed by atoms with van der Waals surface area (Å²) in [6.07, 6.45) is 0. The number of hydrogen-bond donors (Lipinski definition) is 1. The van der Waals surface area contributed by atoms with E-state index in [0.717, 1.165) is 0 Å². The van der Waals surface area contributed by atoms with Crippen LogP contribution in [0.2, 0.25) is 0 Å². The topological polar surface area (TPSA) is 63.6 Å². The average Bonchev–Trinajstić information content (AvgIpc) is 2.94. The van der Waals surface area contributed by atoms with Gasteiger partial charge in [-0.15, -0.1) is 0 Å². The highest BCUT2D eigenvalue weighted by molar-refractivity contribution is 5.91. The summed E-state index contributed by atoms with van der Waals surface area (Å²) in [5.41, 5.74) is -1.94. The van der Waals surface area contributed by atoms with E-state index in [1.54, 1.807) is 24.3 Å². The number of carboxylic acid groups (broad SMARTS) is 1. The summed E-state index contributed by atoms with van der Waals surface area (Å²) < 4.78 is 5.12. The maximum Gasteiger partial charge on any atom is 0.389 e. The molecule has 4 nitrogen and oxygen atoms in total. The zero-order valence-corrected chi connectivity index (χ0v) is 14.1. The fourth-order valence-electron chi connectivity index (χ4n) is 3.92. The zero-order chi connectivity index (χ0) is 17.5. The summed E-state index contributed by atoms with van der Waals surface area (Å²) in [6, 6.07) is 8.67. The Hall–Kier alpha value is -2.28. The van der Waals surface area contributed by atoms with Crippen molar-refractivity contribution < 1.29 is 19.4 Å². The van der Waals surface area contributed by atoms with Crippen LogP contribution in [0.15, 0.2) is 30.3 Å². The number of carboxylic acids is 1. The Bertz CT molecular complexity index is 686. The first-order valence-corrected chi connectivity index (χ1v) is 7.57. The van der Waals surface area contributed by atoms with Crippen molar-refractivity contribution in [3.8, 4) is 17.6 Å². The van der Waals surface area contributed by atoms with Gasteiger partial charge in [0.1, 0.15) is 5.75 Å². The lowest BCUT2D eigenvalue weighted by molar-refractivity contribution is -0.150.